The molecule has 8 aromatic heterocycles. The van der Waals surface area contributed by atoms with E-state index in [1.165, 1.54) is 89.4 Å². The van der Waals surface area contributed by atoms with Crippen LogP contribution in [0.4, 0.5) is 49.6 Å². The molecule has 8 N–H and O–H groups in total. The number of rotatable bonds is 20. The quantitative estimate of drug-likeness (QED) is 0.0305. The fourth-order valence-corrected chi connectivity index (χ4v) is 16.7. The third-order valence-electron chi connectivity index (χ3n) is 18.3. The van der Waals surface area contributed by atoms with Crippen LogP contribution in [-0.4, -0.2) is 128 Å². The number of halogens is 6. The molecule has 34 heteroatoms. The summed E-state index contributed by atoms with van der Waals surface area (Å²) in [6.07, 6.45) is 10.3. The van der Waals surface area contributed by atoms with Crippen LogP contribution in [0.25, 0.3) is 0 Å². The minimum atomic E-state index is -0.0878. The molecule has 24 nitrogen and oxygen atoms in total. The number of nitrogens with one attached hydrogen (secondary N) is 4. The Bertz CT molecular complexity index is 5380. The van der Waals surface area contributed by atoms with Crippen LogP contribution < -0.4 is 42.5 Å². The molecule has 4 aromatic carbocycles. The van der Waals surface area contributed by atoms with Crippen molar-refractivity contribution in [3.05, 3.63) is 245 Å². The Morgan fingerprint density at radius 1 is 0.446 bits per heavy atom. The van der Waals surface area contributed by atoms with E-state index >= 15 is 0 Å². The number of ketones is 4. The van der Waals surface area contributed by atoms with Crippen LogP contribution in [0.2, 0.25) is 30.4 Å². The molecule has 12 aromatic rings. The van der Waals surface area contributed by atoms with Gasteiger partial charge in [-0.1, -0.05) is 207 Å². The molecule has 3 atom stereocenters. The molecule has 3 fully saturated rings. The number of hydrogen-bond donors (Lipinski definition) is 6. The summed E-state index contributed by atoms with van der Waals surface area (Å²) in [5.41, 5.74) is 18.7. The van der Waals surface area contributed by atoms with Crippen LogP contribution in [0.5, 0.6) is 0 Å². The van der Waals surface area contributed by atoms with E-state index in [4.69, 9.17) is 86.6 Å². The van der Waals surface area contributed by atoms with Crippen LogP contribution in [-0.2, 0) is 25.7 Å². The van der Waals surface area contributed by atoms with Crippen molar-refractivity contribution in [1.82, 2.24) is 65.1 Å². The third kappa shape index (κ3) is 30.4. The second-order valence-corrected chi connectivity index (χ2v) is 34.6. The summed E-state index contributed by atoms with van der Waals surface area (Å²) in [4.78, 5) is 108. The van der Waals surface area contributed by atoms with Crippen molar-refractivity contribution in [3.8, 4) is 0 Å². The standard InChI is InChI=1S/C22H24ClN5OS.C21H23ClN6OS.C17H14Cl2N4OS.C12H11ClN2OS.C6H7ClN2.C5H11N.4CH4/c1-13-7-8-28(12-13)21-10-20(25-15(3)26-21)27-22-24-11-19(30-22)18(29)9-16-14(2)5-4-6-17(16)23;1-12-4-3-5-16(22)15(12)8-17(29)18-10-24-21(30-18)27-19-9-20(26-13(2)25-19)28-7-6-14(23)11-28;1-9-4-3-5-12(18)11(9)6-13(24)14-8-20-17(25-14)23-16-7-15(19)21-10(2)22-16;1-7-3-2-4-9(13)8(7)5-10(16)11-6-15-12(14)17-11;1-4-3-6(7)9-5(2)8-4;1-5-2-3-6-4-5;;;;/h4-6,10-11,13H,7-9,12H2,1-3H3,(H,24,25,26,27);3-5,9-10,14H,6-8,11,23H2,1-2H3,(H,24,25,26,27);3-5,7-8H,6H2,1-2H3,(H,20,21,22,23);2-4,6H,5H2,1H3,(H2,14,15);3H,1-2H3;5-6H,2-4H2,1H3;4*1H4/t13-;14-;;;;5-;;;;/m11...1..../s1/i4D;2*3D;2D;;;;;;. The number of aryl methyl sites for hydroxylation is 9. The normalized spacial score (nSPS) is 14.6. The first-order valence-corrected chi connectivity index (χ1v) is 42.7. The van der Waals surface area contributed by atoms with Crippen molar-refractivity contribution in [2.24, 2.45) is 17.6 Å². The number of benzene rings is 4. The van der Waals surface area contributed by atoms with Crippen LogP contribution in [0.15, 0.2) is 122 Å². The molecule has 3 aliphatic heterocycles. The Morgan fingerprint density at radius 2 is 0.793 bits per heavy atom. The van der Waals surface area contributed by atoms with Gasteiger partial charge in [0.2, 0.25) is 0 Å². The highest BCUT2D eigenvalue weighted by molar-refractivity contribution is 7.18. The molecule has 0 bridgehead atoms. The van der Waals surface area contributed by atoms with E-state index in [1.54, 1.807) is 67.8 Å². The van der Waals surface area contributed by atoms with E-state index in [0.717, 1.165) is 113 Å². The van der Waals surface area contributed by atoms with Gasteiger partial charge in [0.05, 0.1) is 49.8 Å². The molecule has 121 heavy (non-hydrogen) atoms. The summed E-state index contributed by atoms with van der Waals surface area (Å²) in [6, 6.07) is 21.6. The Morgan fingerprint density at radius 3 is 1.09 bits per heavy atom. The maximum atomic E-state index is 12.8. The molecular weight excluding hydrogens is 1730 g/mol. The van der Waals surface area contributed by atoms with E-state index in [0.29, 0.717) is 135 Å². The van der Waals surface area contributed by atoms with Crippen molar-refractivity contribution >= 4 is 188 Å². The topological polar surface area (TPSA) is 330 Å². The number of aromatic nitrogens is 12. The molecular formula is C87H106Cl6N20O4S4. The molecule has 0 saturated carbocycles. The largest absolute Gasteiger partial charge is 0.375 e. The zero-order valence-corrected chi connectivity index (χ0v) is 73.9. The van der Waals surface area contributed by atoms with Gasteiger partial charge in [-0.3, -0.25) is 19.2 Å². The molecule has 0 aliphatic carbocycles. The van der Waals surface area contributed by atoms with Gasteiger partial charge >= 0.3 is 0 Å². The predicted octanol–water partition coefficient (Wildman–Crippen LogP) is 22.2. The molecule has 0 unspecified atom stereocenters. The number of Topliss-reactive ketones (excluding diaryl/α,β-unsaturated/α-hetero) is 4. The fourth-order valence-electron chi connectivity index (χ4n) is 12.2. The number of carbonyl (C=O) groups is 4. The summed E-state index contributed by atoms with van der Waals surface area (Å²) in [6.45, 7) is 27.2. The minimum absolute atomic E-state index is 0. The zero-order valence-electron chi connectivity index (χ0n) is 70.1. The Labute approximate surface area is 762 Å². The monoisotopic (exact) mass is 1840 g/mol. The summed E-state index contributed by atoms with van der Waals surface area (Å²) < 4.78 is 30.6. The maximum Gasteiger partial charge on any atom is 0.188 e. The van der Waals surface area contributed by atoms with Gasteiger partial charge in [-0.25, -0.2) is 59.8 Å². The number of nitrogens with zero attached hydrogens (tertiary/aromatic N) is 14. The molecule has 15 rings (SSSR count). The average molecular weight is 1840 g/mol. The first-order chi connectivity index (χ1) is 57.4. The number of anilines is 9. The van der Waals surface area contributed by atoms with Gasteiger partial charge in [-0.15, -0.1) is 0 Å². The third-order valence-corrected chi connectivity index (χ3v) is 23.7. The lowest BCUT2D eigenvalue weighted by molar-refractivity contribution is 0.0988. The molecule has 0 spiro atoms. The van der Waals surface area contributed by atoms with Crippen LogP contribution in [0.1, 0.15) is 180 Å². The number of carbonyl (C=O) groups excluding carboxylic acids is 4. The van der Waals surface area contributed by atoms with Crippen LogP contribution in [0.3, 0.4) is 0 Å². The van der Waals surface area contributed by atoms with Crippen LogP contribution >= 0.6 is 115 Å². The van der Waals surface area contributed by atoms with E-state index < -0.39 is 0 Å². The van der Waals surface area contributed by atoms with Gasteiger partial charge in [0, 0.05) is 102 Å². The highest BCUT2D eigenvalue weighted by Crippen LogP contribution is 2.33. The summed E-state index contributed by atoms with van der Waals surface area (Å²) in [5, 5.41) is 17.4. The molecule has 3 saturated heterocycles. The van der Waals surface area contributed by atoms with Gasteiger partial charge in [0.25, 0.3) is 0 Å². The zero-order chi connectivity index (χ0) is 87.6. The highest BCUT2D eigenvalue weighted by Gasteiger charge is 2.25. The van der Waals surface area contributed by atoms with Gasteiger partial charge < -0.3 is 42.5 Å². The Balaban J connectivity index is 0.000000244. The van der Waals surface area contributed by atoms with Gasteiger partial charge in [-0.05, 0) is 181 Å². The average Bonchev–Trinajstić information content (AvgIpc) is 1.73. The maximum absolute atomic E-state index is 12.8. The summed E-state index contributed by atoms with van der Waals surface area (Å²) >= 11 is 41.2. The number of thiazole rings is 4. The van der Waals surface area contributed by atoms with Crippen molar-refractivity contribution in [2.75, 3.05) is 70.8 Å². The molecule has 3 aliphatic rings. The van der Waals surface area contributed by atoms with E-state index in [9.17, 15) is 19.2 Å². The van der Waals surface area contributed by atoms with Gasteiger partial charge in [0.1, 0.15) is 62.7 Å². The van der Waals surface area contributed by atoms with Crippen molar-refractivity contribution in [2.45, 2.75) is 157 Å². The minimum Gasteiger partial charge on any atom is -0.375 e. The van der Waals surface area contributed by atoms with E-state index in [1.807, 2.05) is 67.5 Å². The van der Waals surface area contributed by atoms with Crippen molar-refractivity contribution < 1.29 is 24.7 Å². The molecule has 0 amide bonds. The number of hydrogen-bond acceptors (Lipinski definition) is 28. The highest BCUT2D eigenvalue weighted by atomic mass is 35.5. The fraction of sp³-hybridized carbons (Fsp3) is 0.356. The first kappa shape index (κ1) is 94.1. The Kier molecular flexibility index (Phi) is 37.4. The lowest BCUT2D eigenvalue weighted by Crippen LogP contribution is -2.27. The summed E-state index contributed by atoms with van der Waals surface area (Å²) in [5.74, 6) is 7.47. The molecule has 0 radical (unpaired) electrons. The van der Waals surface area contributed by atoms with E-state index in [2.05, 4.69) is 105 Å². The van der Waals surface area contributed by atoms with Gasteiger partial charge in [-0.2, -0.15) is 0 Å². The predicted molar refractivity (Wildman–Crippen MR) is 506 cm³/mol. The van der Waals surface area contributed by atoms with Crippen molar-refractivity contribution in [1.29, 1.82) is 0 Å². The number of nitrogens with two attached hydrogens (primary N) is 2. The lowest BCUT2D eigenvalue weighted by atomic mass is 10.0. The molecule has 644 valence electrons. The van der Waals surface area contributed by atoms with Gasteiger partial charge in [0.15, 0.2) is 43.7 Å². The summed E-state index contributed by atoms with van der Waals surface area (Å²) in [7, 11) is 0. The van der Waals surface area contributed by atoms with Crippen LogP contribution in [0, 0.1) is 74.1 Å². The Hall–Kier alpha value is -9.14. The SMILES string of the molecule is C.C.C.C.C[C@@H]1CCNC1.Cc1cc(Cl)nc(C)n1.[2H]c1cc(C)c(CC(=O)c2cnc(N)s2)c(Cl)c1.[2H]c1cc(C)c(CC(=O)c2cnc(Nc3cc(Cl)nc(C)n3)s2)c(Cl)c1.[2H]c1cc(C)c(CC(=O)c2cnc(Nc3cc(N4CC[C@@H](C)C4)nc(C)n3)s2)c(Cl)c1.[2H]c1cc(C)c(CC(=O)c2cnc(Nc3cc(N4CC[C@@H](N)C4)nc(C)n3)s2)c(Cl)c1. The molecule has 11 heterocycles. The smallest absolute Gasteiger partial charge is 0.188 e. The first-order valence-electron chi connectivity index (χ1n) is 39.1. The second-order valence-electron chi connectivity index (χ2n) is 28.0. The number of nitrogen functional groups attached to an aromatic ring is 1. The van der Waals surface area contributed by atoms with E-state index in [-0.39, 0.29) is 84.6 Å². The second kappa shape index (κ2) is 48.1. The lowest BCUT2D eigenvalue weighted by Gasteiger charge is -2.18. The van der Waals surface area contributed by atoms with Crippen molar-refractivity contribution in [3.63, 3.8) is 0 Å².